The Morgan fingerprint density at radius 2 is 2.15 bits per heavy atom. The lowest BCUT2D eigenvalue weighted by atomic mass is 10.1. The Hall–Kier alpha value is -1.71. The Labute approximate surface area is 160 Å². The van der Waals surface area contributed by atoms with E-state index in [9.17, 15) is 9.18 Å². The number of ether oxygens (including phenoxy) is 1. The summed E-state index contributed by atoms with van der Waals surface area (Å²) in [5.41, 5.74) is 2.57. The predicted molar refractivity (Wildman–Crippen MR) is 100 cm³/mol. The van der Waals surface area contributed by atoms with E-state index in [4.69, 9.17) is 4.74 Å². The molecule has 1 aromatic heterocycles. The van der Waals surface area contributed by atoms with Crippen molar-refractivity contribution < 1.29 is 13.9 Å². The van der Waals surface area contributed by atoms with Crippen LogP contribution in [0.25, 0.3) is 0 Å². The molecule has 1 aromatic carbocycles. The molecule has 2 aromatic rings. The van der Waals surface area contributed by atoms with Gasteiger partial charge in [0.1, 0.15) is 5.51 Å². The Morgan fingerprint density at radius 3 is 2.77 bits per heavy atom. The number of hydrogen-bond donors (Lipinski definition) is 0. The van der Waals surface area contributed by atoms with Gasteiger partial charge < -0.3 is 9.64 Å². The lowest BCUT2D eigenvalue weighted by Gasteiger charge is -2.35. The van der Waals surface area contributed by atoms with Gasteiger partial charge in [-0.2, -0.15) is 0 Å². The summed E-state index contributed by atoms with van der Waals surface area (Å²) in [6.45, 7) is 5.47. The average molecular weight is 397 g/mol. The van der Waals surface area contributed by atoms with Crippen molar-refractivity contribution >= 4 is 29.0 Å². The van der Waals surface area contributed by atoms with Gasteiger partial charge in [0.15, 0.2) is 15.9 Å². The van der Waals surface area contributed by atoms with Gasteiger partial charge in [-0.1, -0.05) is 29.2 Å². The van der Waals surface area contributed by atoms with Crippen LogP contribution in [0.1, 0.15) is 12.5 Å². The summed E-state index contributed by atoms with van der Waals surface area (Å²) in [6, 6.07) is 5.04. The molecule has 0 aliphatic carbocycles. The summed E-state index contributed by atoms with van der Waals surface area (Å²) in [5.74, 6) is 0.0350. The fourth-order valence-corrected chi connectivity index (χ4v) is 4.58. The number of carbonyl (C=O) groups is 1. The van der Waals surface area contributed by atoms with E-state index in [1.54, 1.807) is 11.6 Å². The molecule has 1 saturated heterocycles. The van der Waals surface area contributed by atoms with E-state index in [1.807, 2.05) is 17.9 Å². The Morgan fingerprint density at radius 1 is 1.38 bits per heavy atom. The quantitative estimate of drug-likeness (QED) is 0.700. The van der Waals surface area contributed by atoms with E-state index in [-0.39, 0.29) is 22.7 Å². The van der Waals surface area contributed by atoms with Crippen LogP contribution in [-0.2, 0) is 11.3 Å². The number of piperazine rings is 1. The average Bonchev–Trinajstić information content (AvgIpc) is 3.15. The van der Waals surface area contributed by atoms with Gasteiger partial charge in [0.25, 0.3) is 0 Å². The lowest BCUT2D eigenvalue weighted by molar-refractivity contribution is -0.132. The van der Waals surface area contributed by atoms with E-state index < -0.39 is 0 Å². The molecule has 0 saturated carbocycles. The summed E-state index contributed by atoms with van der Waals surface area (Å²) in [4.78, 5) is 16.7. The molecule has 140 valence electrons. The highest BCUT2D eigenvalue weighted by Gasteiger charge is 2.26. The first kappa shape index (κ1) is 19.1. The van der Waals surface area contributed by atoms with Gasteiger partial charge in [-0.15, -0.1) is 10.2 Å². The monoisotopic (exact) mass is 396 g/mol. The normalized spacial score (nSPS) is 16.5. The second-order valence-corrected chi connectivity index (χ2v) is 8.46. The molecule has 3 rings (SSSR count). The molecule has 9 heteroatoms. The first-order valence-corrected chi connectivity index (χ1v) is 10.1. The highest BCUT2D eigenvalue weighted by molar-refractivity contribution is 8.02. The lowest BCUT2D eigenvalue weighted by Crippen LogP contribution is -2.50. The molecule has 0 N–H and O–H groups in total. The molecule has 1 amide bonds. The van der Waals surface area contributed by atoms with Gasteiger partial charge in [-0.05, 0) is 24.6 Å². The topological polar surface area (TPSA) is 58.6 Å². The molecular formula is C17H21FN4O2S2. The van der Waals surface area contributed by atoms with E-state index in [0.29, 0.717) is 19.6 Å². The summed E-state index contributed by atoms with van der Waals surface area (Å²) < 4.78 is 19.6. The minimum absolute atomic E-state index is 0.125. The molecule has 1 aliphatic heterocycles. The van der Waals surface area contributed by atoms with Crippen LogP contribution in [0.3, 0.4) is 0 Å². The molecular weight excluding hydrogens is 375 g/mol. The van der Waals surface area contributed by atoms with Gasteiger partial charge in [-0.25, -0.2) is 4.39 Å². The number of hydrogen-bond acceptors (Lipinski definition) is 7. The minimum Gasteiger partial charge on any atom is -0.494 e. The van der Waals surface area contributed by atoms with Gasteiger partial charge in [0.2, 0.25) is 5.91 Å². The van der Waals surface area contributed by atoms with Crippen molar-refractivity contribution in [2.45, 2.75) is 23.1 Å². The second kappa shape index (κ2) is 8.79. The first-order valence-electron chi connectivity index (χ1n) is 8.33. The number of nitrogens with zero attached hydrogens (tertiary/aromatic N) is 4. The van der Waals surface area contributed by atoms with Gasteiger partial charge >= 0.3 is 0 Å². The molecule has 1 fully saturated rings. The SMILES string of the molecule is COc1ccc(CN2CCN(C(=O)[C@H](C)Sc3nncs3)CC2)cc1F. The molecule has 6 nitrogen and oxygen atoms in total. The maximum absolute atomic E-state index is 13.8. The summed E-state index contributed by atoms with van der Waals surface area (Å²) in [5, 5.41) is 7.59. The van der Waals surface area contributed by atoms with Crippen LogP contribution in [-0.4, -0.2) is 64.4 Å². The van der Waals surface area contributed by atoms with Crippen LogP contribution in [0.5, 0.6) is 5.75 Å². The molecule has 1 atom stereocenters. The van der Waals surface area contributed by atoms with E-state index >= 15 is 0 Å². The standard InChI is InChI=1S/C17H21FN4O2S2/c1-12(26-17-20-19-11-25-17)16(23)22-7-5-21(6-8-22)10-13-3-4-15(24-2)14(18)9-13/h3-4,9,11-12H,5-8,10H2,1-2H3/t12-/m0/s1. The predicted octanol–water partition coefficient (Wildman–Crippen LogP) is 2.51. The third-order valence-electron chi connectivity index (χ3n) is 4.27. The van der Waals surface area contributed by atoms with Crippen LogP contribution in [0.15, 0.2) is 28.0 Å². The van der Waals surface area contributed by atoms with Crippen molar-refractivity contribution in [1.82, 2.24) is 20.0 Å². The van der Waals surface area contributed by atoms with Crippen LogP contribution in [0.2, 0.25) is 0 Å². The zero-order valence-corrected chi connectivity index (χ0v) is 16.4. The van der Waals surface area contributed by atoms with Crippen LogP contribution < -0.4 is 4.74 Å². The molecule has 1 aliphatic rings. The number of amides is 1. The van der Waals surface area contributed by atoms with Crippen molar-refractivity contribution in [3.63, 3.8) is 0 Å². The highest BCUT2D eigenvalue weighted by Crippen LogP contribution is 2.26. The van der Waals surface area contributed by atoms with Crippen molar-refractivity contribution in [2.24, 2.45) is 0 Å². The van der Waals surface area contributed by atoms with Crippen LogP contribution >= 0.6 is 23.1 Å². The second-order valence-electron chi connectivity index (χ2n) is 6.04. The van der Waals surface area contributed by atoms with Crippen LogP contribution in [0, 0.1) is 5.82 Å². The van der Waals surface area contributed by atoms with Crippen LogP contribution in [0.4, 0.5) is 4.39 Å². The number of benzene rings is 1. The fraction of sp³-hybridized carbons (Fsp3) is 0.471. The maximum Gasteiger partial charge on any atom is 0.235 e. The smallest absolute Gasteiger partial charge is 0.235 e. The number of aromatic nitrogens is 2. The number of thioether (sulfide) groups is 1. The number of rotatable bonds is 6. The van der Waals surface area contributed by atoms with Gasteiger partial charge in [0, 0.05) is 32.7 Å². The molecule has 0 bridgehead atoms. The molecule has 0 unspecified atom stereocenters. The van der Waals surface area contributed by atoms with E-state index in [2.05, 4.69) is 15.1 Å². The highest BCUT2D eigenvalue weighted by atomic mass is 32.2. The third kappa shape index (κ3) is 4.72. The number of methoxy groups -OCH3 is 1. The van der Waals surface area contributed by atoms with Crippen molar-refractivity contribution in [2.75, 3.05) is 33.3 Å². The summed E-state index contributed by atoms with van der Waals surface area (Å²) in [6.07, 6.45) is 0. The first-order chi connectivity index (χ1) is 12.6. The molecule has 2 heterocycles. The minimum atomic E-state index is -0.346. The summed E-state index contributed by atoms with van der Waals surface area (Å²) in [7, 11) is 1.46. The molecule has 26 heavy (non-hydrogen) atoms. The van der Waals surface area contributed by atoms with E-state index in [0.717, 1.165) is 23.0 Å². The van der Waals surface area contributed by atoms with Gasteiger partial charge in [0.05, 0.1) is 12.4 Å². The largest absolute Gasteiger partial charge is 0.494 e. The van der Waals surface area contributed by atoms with Crippen molar-refractivity contribution in [3.8, 4) is 5.75 Å². The van der Waals surface area contributed by atoms with Crippen molar-refractivity contribution in [1.29, 1.82) is 0 Å². The Kier molecular flexibility index (Phi) is 6.44. The fourth-order valence-electron chi connectivity index (χ4n) is 2.87. The Bertz CT molecular complexity index is 736. The number of carbonyl (C=O) groups excluding carboxylic acids is 1. The maximum atomic E-state index is 13.8. The van der Waals surface area contributed by atoms with E-state index in [1.165, 1.54) is 36.3 Å². The van der Waals surface area contributed by atoms with Gasteiger partial charge in [-0.3, -0.25) is 9.69 Å². The summed E-state index contributed by atoms with van der Waals surface area (Å²) >= 11 is 2.89. The third-order valence-corrected chi connectivity index (χ3v) is 6.17. The zero-order valence-electron chi connectivity index (χ0n) is 14.7. The Balaban J connectivity index is 1.49. The number of halogens is 1. The molecule has 0 spiro atoms. The van der Waals surface area contributed by atoms with Crippen molar-refractivity contribution in [3.05, 3.63) is 35.1 Å². The molecule has 0 radical (unpaired) electrons. The zero-order chi connectivity index (χ0) is 18.5.